The zero-order chi connectivity index (χ0) is 15.0. The standard InChI is InChI=1S/C17H18N2O2/c1-11-7-12(3-2-6-18)9-15(8-11)19-16(20)13-4-5-14(10-13)17(19)21/h7-9,13-14H,4-6,10,18H2,1H3. The first-order valence-electron chi connectivity index (χ1n) is 7.28. The van der Waals surface area contributed by atoms with Gasteiger partial charge in [-0.3, -0.25) is 14.5 Å². The molecule has 1 aliphatic carbocycles. The summed E-state index contributed by atoms with van der Waals surface area (Å²) in [6.45, 7) is 2.22. The van der Waals surface area contributed by atoms with Crippen LogP contribution in [0, 0.1) is 30.6 Å². The number of imide groups is 1. The number of amides is 2. The minimum Gasteiger partial charge on any atom is -0.320 e. The number of fused-ring (bicyclic) bond motifs is 2. The number of aryl methyl sites for hydroxylation is 1. The molecule has 21 heavy (non-hydrogen) atoms. The quantitative estimate of drug-likeness (QED) is 0.628. The van der Waals surface area contributed by atoms with Crippen molar-refractivity contribution in [3.05, 3.63) is 29.3 Å². The van der Waals surface area contributed by atoms with Crippen molar-refractivity contribution in [1.82, 2.24) is 0 Å². The largest absolute Gasteiger partial charge is 0.320 e. The number of carbonyl (C=O) groups is 2. The minimum absolute atomic E-state index is 0.00629. The summed E-state index contributed by atoms with van der Waals surface area (Å²) in [6.07, 6.45) is 2.38. The molecule has 1 saturated heterocycles. The van der Waals surface area contributed by atoms with Crippen LogP contribution in [0.15, 0.2) is 18.2 Å². The van der Waals surface area contributed by atoms with Crippen LogP contribution in [0.3, 0.4) is 0 Å². The lowest BCUT2D eigenvalue weighted by molar-refractivity contribution is -0.132. The van der Waals surface area contributed by atoms with Gasteiger partial charge >= 0.3 is 0 Å². The number of carbonyl (C=O) groups excluding carboxylic acids is 2. The molecule has 3 rings (SSSR count). The molecule has 2 fully saturated rings. The Bertz CT molecular complexity index is 647. The number of nitrogens with zero attached hydrogens (tertiary/aromatic N) is 1. The first-order chi connectivity index (χ1) is 10.1. The molecule has 0 radical (unpaired) electrons. The Kier molecular flexibility index (Phi) is 3.52. The van der Waals surface area contributed by atoms with Crippen LogP contribution in [0.2, 0.25) is 0 Å². The van der Waals surface area contributed by atoms with Crippen LogP contribution in [-0.2, 0) is 9.59 Å². The molecule has 2 bridgehead atoms. The van der Waals surface area contributed by atoms with Crippen LogP contribution < -0.4 is 10.6 Å². The summed E-state index contributed by atoms with van der Waals surface area (Å²) < 4.78 is 0. The fourth-order valence-electron chi connectivity index (χ4n) is 3.28. The molecule has 1 heterocycles. The Morgan fingerprint density at radius 2 is 1.86 bits per heavy atom. The highest BCUT2D eigenvalue weighted by atomic mass is 16.2. The van der Waals surface area contributed by atoms with Gasteiger partial charge in [0.25, 0.3) is 0 Å². The fourth-order valence-corrected chi connectivity index (χ4v) is 3.28. The van der Waals surface area contributed by atoms with Gasteiger partial charge in [-0.1, -0.05) is 11.8 Å². The highest BCUT2D eigenvalue weighted by molar-refractivity contribution is 6.18. The van der Waals surface area contributed by atoms with E-state index < -0.39 is 0 Å². The molecule has 1 aromatic carbocycles. The zero-order valence-corrected chi connectivity index (χ0v) is 12.1. The van der Waals surface area contributed by atoms with E-state index in [1.807, 2.05) is 19.1 Å². The number of rotatable bonds is 1. The van der Waals surface area contributed by atoms with Crippen molar-refractivity contribution in [1.29, 1.82) is 0 Å². The number of piperidine rings is 1. The normalized spacial score (nSPS) is 24.0. The van der Waals surface area contributed by atoms with Crippen LogP contribution in [0.5, 0.6) is 0 Å². The Morgan fingerprint density at radius 1 is 1.19 bits per heavy atom. The van der Waals surface area contributed by atoms with Crippen LogP contribution in [-0.4, -0.2) is 18.4 Å². The molecular weight excluding hydrogens is 264 g/mol. The molecule has 4 nitrogen and oxygen atoms in total. The SMILES string of the molecule is Cc1cc(C#CCN)cc(N2C(=O)C3CCC(C3)C2=O)c1. The Morgan fingerprint density at radius 3 is 2.48 bits per heavy atom. The van der Waals surface area contributed by atoms with Gasteiger partial charge in [0.05, 0.1) is 12.2 Å². The van der Waals surface area contributed by atoms with Crippen LogP contribution in [0.1, 0.15) is 30.4 Å². The topological polar surface area (TPSA) is 63.4 Å². The summed E-state index contributed by atoms with van der Waals surface area (Å²) in [5.41, 5.74) is 7.80. The van der Waals surface area contributed by atoms with Crippen LogP contribution in [0.4, 0.5) is 5.69 Å². The molecule has 2 amide bonds. The van der Waals surface area contributed by atoms with Gasteiger partial charge in [0.2, 0.25) is 11.8 Å². The molecule has 2 atom stereocenters. The zero-order valence-electron chi connectivity index (χ0n) is 12.1. The van der Waals surface area contributed by atoms with Crippen molar-refractivity contribution in [3.8, 4) is 11.8 Å². The monoisotopic (exact) mass is 282 g/mol. The van der Waals surface area contributed by atoms with Crippen molar-refractivity contribution in [2.75, 3.05) is 11.4 Å². The third-order valence-electron chi connectivity index (χ3n) is 4.23. The molecule has 108 valence electrons. The van der Waals surface area contributed by atoms with E-state index in [-0.39, 0.29) is 30.2 Å². The Hall–Kier alpha value is -2.12. The molecule has 0 spiro atoms. The van der Waals surface area contributed by atoms with Gasteiger partial charge in [0, 0.05) is 17.4 Å². The third kappa shape index (κ3) is 2.45. The highest BCUT2D eigenvalue weighted by Gasteiger charge is 2.45. The number of benzene rings is 1. The van der Waals surface area contributed by atoms with Crippen molar-refractivity contribution >= 4 is 17.5 Å². The van der Waals surface area contributed by atoms with Crippen LogP contribution in [0.25, 0.3) is 0 Å². The average molecular weight is 282 g/mol. The van der Waals surface area contributed by atoms with Gasteiger partial charge in [-0.25, -0.2) is 0 Å². The number of hydrogen-bond acceptors (Lipinski definition) is 3. The van der Waals surface area contributed by atoms with Crippen molar-refractivity contribution in [3.63, 3.8) is 0 Å². The summed E-state index contributed by atoms with van der Waals surface area (Å²) in [4.78, 5) is 26.3. The lowest BCUT2D eigenvalue weighted by atomic mass is 9.96. The first-order valence-corrected chi connectivity index (χ1v) is 7.28. The molecule has 2 N–H and O–H groups in total. The van der Waals surface area contributed by atoms with E-state index in [1.54, 1.807) is 6.07 Å². The fraction of sp³-hybridized carbons (Fsp3) is 0.412. The van der Waals surface area contributed by atoms with Crippen LogP contribution >= 0.6 is 0 Å². The second kappa shape index (κ2) is 5.34. The van der Waals surface area contributed by atoms with Gasteiger partial charge < -0.3 is 5.73 Å². The first kappa shape index (κ1) is 13.8. The van der Waals surface area contributed by atoms with E-state index in [4.69, 9.17) is 5.73 Å². The molecule has 2 aliphatic rings. The number of anilines is 1. The van der Waals surface area contributed by atoms with Gasteiger partial charge in [0.1, 0.15) is 0 Å². The van der Waals surface area contributed by atoms with E-state index in [1.165, 1.54) is 4.90 Å². The second-order valence-corrected chi connectivity index (χ2v) is 5.78. The molecule has 0 aromatic heterocycles. The smallest absolute Gasteiger partial charge is 0.236 e. The molecular formula is C17H18N2O2. The van der Waals surface area contributed by atoms with Crippen molar-refractivity contribution in [2.45, 2.75) is 26.2 Å². The van der Waals surface area contributed by atoms with E-state index in [2.05, 4.69) is 11.8 Å². The number of nitrogens with two attached hydrogens (primary N) is 1. The second-order valence-electron chi connectivity index (χ2n) is 5.78. The van der Waals surface area contributed by atoms with E-state index >= 15 is 0 Å². The molecule has 1 saturated carbocycles. The van der Waals surface area contributed by atoms with Gasteiger partial charge in [-0.2, -0.15) is 0 Å². The summed E-state index contributed by atoms with van der Waals surface area (Å²) in [5.74, 6) is 5.67. The van der Waals surface area contributed by atoms with Crippen molar-refractivity contribution in [2.24, 2.45) is 17.6 Å². The maximum Gasteiger partial charge on any atom is 0.236 e. The maximum atomic E-state index is 12.5. The molecule has 4 heteroatoms. The lowest BCUT2D eigenvalue weighted by Crippen LogP contribution is -2.46. The van der Waals surface area contributed by atoms with Gasteiger partial charge in [-0.05, 0) is 49.9 Å². The Labute approximate surface area is 124 Å². The maximum absolute atomic E-state index is 12.5. The van der Waals surface area contributed by atoms with E-state index in [9.17, 15) is 9.59 Å². The van der Waals surface area contributed by atoms with Gasteiger partial charge in [0.15, 0.2) is 0 Å². The predicted octanol–water partition coefficient (Wildman–Crippen LogP) is 1.59. The molecule has 1 aromatic rings. The molecule has 2 unspecified atom stereocenters. The van der Waals surface area contributed by atoms with E-state index in [0.717, 1.165) is 30.4 Å². The lowest BCUT2D eigenvalue weighted by Gasteiger charge is -2.30. The minimum atomic E-state index is -0.0583. The Balaban J connectivity index is 2.01. The van der Waals surface area contributed by atoms with Crippen molar-refractivity contribution < 1.29 is 9.59 Å². The third-order valence-corrected chi connectivity index (χ3v) is 4.23. The summed E-state index contributed by atoms with van der Waals surface area (Å²) >= 11 is 0. The average Bonchev–Trinajstić information content (AvgIpc) is 2.90. The summed E-state index contributed by atoms with van der Waals surface area (Å²) in [5, 5.41) is 0. The number of hydrogen-bond donors (Lipinski definition) is 1. The predicted molar refractivity (Wildman–Crippen MR) is 80.4 cm³/mol. The molecule has 1 aliphatic heterocycles. The van der Waals surface area contributed by atoms with E-state index in [0.29, 0.717) is 5.69 Å². The highest BCUT2D eigenvalue weighted by Crippen LogP contribution is 2.40. The van der Waals surface area contributed by atoms with Gasteiger partial charge in [-0.15, -0.1) is 0 Å². The summed E-state index contributed by atoms with van der Waals surface area (Å²) in [6, 6.07) is 5.60. The summed E-state index contributed by atoms with van der Waals surface area (Å²) in [7, 11) is 0.